The molecule has 94 valence electrons. The van der Waals surface area contributed by atoms with Gasteiger partial charge in [-0.1, -0.05) is 0 Å². The molecule has 2 unspecified atom stereocenters. The van der Waals surface area contributed by atoms with Gasteiger partial charge in [-0.25, -0.2) is 0 Å². The fraction of sp³-hybridized carbons (Fsp3) is 0.417. The molecule has 1 aromatic rings. The number of hydrogen-bond donors (Lipinski definition) is 2. The molecule has 0 aliphatic heterocycles. The van der Waals surface area contributed by atoms with Crippen LogP contribution in [0.1, 0.15) is 30.6 Å². The maximum Gasteiger partial charge on any atom is 0.252 e. The molecule has 0 fully saturated rings. The van der Waals surface area contributed by atoms with Crippen molar-refractivity contribution in [1.29, 1.82) is 0 Å². The third-order valence-electron chi connectivity index (χ3n) is 2.25. The zero-order chi connectivity index (χ0) is 13.0. The highest BCUT2D eigenvalue weighted by Gasteiger charge is 2.14. The fourth-order valence-corrected chi connectivity index (χ4v) is 2.46. The van der Waals surface area contributed by atoms with Crippen molar-refractivity contribution in [2.24, 2.45) is 0 Å². The molecular formula is C12H15BrINO2. The van der Waals surface area contributed by atoms with Crippen LogP contribution in [-0.2, 0) is 0 Å². The number of aliphatic hydroxyl groups is 1. The van der Waals surface area contributed by atoms with E-state index in [-0.39, 0.29) is 11.9 Å². The third-order valence-corrected chi connectivity index (χ3v) is 3.61. The lowest BCUT2D eigenvalue weighted by atomic mass is 10.1. The summed E-state index contributed by atoms with van der Waals surface area (Å²) in [4.78, 5) is 12.0. The van der Waals surface area contributed by atoms with E-state index in [1.54, 1.807) is 6.92 Å². The summed E-state index contributed by atoms with van der Waals surface area (Å²) >= 11 is 5.53. The van der Waals surface area contributed by atoms with Crippen molar-refractivity contribution < 1.29 is 9.90 Å². The summed E-state index contributed by atoms with van der Waals surface area (Å²) in [5.74, 6) is -0.122. The van der Waals surface area contributed by atoms with E-state index in [4.69, 9.17) is 0 Å². The van der Waals surface area contributed by atoms with Crippen LogP contribution in [0, 0.1) is 3.57 Å². The number of benzene rings is 1. The Morgan fingerprint density at radius 1 is 1.53 bits per heavy atom. The fourth-order valence-electron chi connectivity index (χ4n) is 1.54. The first-order valence-electron chi connectivity index (χ1n) is 5.34. The first kappa shape index (κ1) is 14.9. The van der Waals surface area contributed by atoms with Crippen LogP contribution in [0.15, 0.2) is 22.7 Å². The summed E-state index contributed by atoms with van der Waals surface area (Å²) < 4.78 is 1.79. The molecule has 2 atom stereocenters. The number of amides is 1. The van der Waals surface area contributed by atoms with Gasteiger partial charge in [0.05, 0.1) is 11.7 Å². The van der Waals surface area contributed by atoms with Crippen LogP contribution in [-0.4, -0.2) is 23.2 Å². The van der Waals surface area contributed by atoms with Crippen LogP contribution >= 0.6 is 38.5 Å². The van der Waals surface area contributed by atoms with Crippen molar-refractivity contribution in [1.82, 2.24) is 5.32 Å². The smallest absolute Gasteiger partial charge is 0.252 e. The van der Waals surface area contributed by atoms with Gasteiger partial charge >= 0.3 is 0 Å². The molecular weight excluding hydrogens is 397 g/mol. The Hall–Kier alpha value is -0.140. The van der Waals surface area contributed by atoms with Gasteiger partial charge in [0.25, 0.3) is 5.91 Å². The number of rotatable bonds is 4. The summed E-state index contributed by atoms with van der Waals surface area (Å²) in [5, 5.41) is 12.1. The third kappa shape index (κ3) is 4.93. The van der Waals surface area contributed by atoms with Crippen molar-refractivity contribution in [3.05, 3.63) is 31.8 Å². The van der Waals surface area contributed by atoms with E-state index in [2.05, 4.69) is 43.8 Å². The minimum absolute atomic E-state index is 0.0488. The monoisotopic (exact) mass is 411 g/mol. The van der Waals surface area contributed by atoms with E-state index in [9.17, 15) is 9.90 Å². The molecule has 2 N–H and O–H groups in total. The number of carbonyl (C=O) groups excluding carboxylic acids is 1. The summed E-state index contributed by atoms with van der Waals surface area (Å²) in [5.41, 5.74) is 0.620. The predicted octanol–water partition coefficient (Wildman–Crippen LogP) is 2.94. The standard InChI is InChI=1S/C12H15BrINO2/c1-7(5-8(2)16)15-12(17)10-6-9(14)3-4-11(10)13/h3-4,6-8,16H,5H2,1-2H3,(H,15,17). The van der Waals surface area contributed by atoms with Crippen LogP contribution in [0.3, 0.4) is 0 Å². The Kier molecular flexibility index (Phi) is 5.88. The maximum atomic E-state index is 12.0. The average molecular weight is 412 g/mol. The van der Waals surface area contributed by atoms with Gasteiger partial charge in [0, 0.05) is 14.1 Å². The van der Waals surface area contributed by atoms with Gasteiger partial charge < -0.3 is 10.4 Å². The van der Waals surface area contributed by atoms with E-state index >= 15 is 0 Å². The van der Waals surface area contributed by atoms with Crippen molar-refractivity contribution in [3.8, 4) is 0 Å². The molecule has 0 saturated heterocycles. The van der Waals surface area contributed by atoms with Crippen LogP contribution in [0.2, 0.25) is 0 Å². The summed E-state index contributed by atoms with van der Waals surface area (Å²) in [6.07, 6.45) is 0.137. The Morgan fingerprint density at radius 3 is 2.76 bits per heavy atom. The maximum absolute atomic E-state index is 12.0. The highest BCUT2D eigenvalue weighted by molar-refractivity contribution is 14.1. The van der Waals surface area contributed by atoms with E-state index < -0.39 is 6.10 Å². The minimum Gasteiger partial charge on any atom is -0.393 e. The molecule has 0 aliphatic rings. The van der Waals surface area contributed by atoms with E-state index in [0.717, 1.165) is 8.04 Å². The van der Waals surface area contributed by atoms with Crippen molar-refractivity contribution in [2.45, 2.75) is 32.4 Å². The zero-order valence-corrected chi connectivity index (χ0v) is 13.4. The zero-order valence-electron chi connectivity index (χ0n) is 9.71. The van der Waals surface area contributed by atoms with E-state index in [1.165, 1.54) is 0 Å². The van der Waals surface area contributed by atoms with Gasteiger partial charge in [-0.05, 0) is 77.0 Å². The highest BCUT2D eigenvalue weighted by Crippen LogP contribution is 2.19. The largest absolute Gasteiger partial charge is 0.393 e. The van der Waals surface area contributed by atoms with Crippen LogP contribution in [0.4, 0.5) is 0 Å². The molecule has 1 aromatic carbocycles. The Morgan fingerprint density at radius 2 is 2.18 bits per heavy atom. The number of halogens is 2. The van der Waals surface area contributed by atoms with Crippen molar-refractivity contribution in [2.75, 3.05) is 0 Å². The molecule has 0 aliphatic carbocycles. The van der Waals surface area contributed by atoms with Crippen molar-refractivity contribution >= 4 is 44.4 Å². The van der Waals surface area contributed by atoms with Crippen LogP contribution in [0.25, 0.3) is 0 Å². The van der Waals surface area contributed by atoms with Gasteiger partial charge in [0.2, 0.25) is 0 Å². The summed E-state index contributed by atoms with van der Waals surface area (Å²) in [6.45, 7) is 3.59. The molecule has 0 radical (unpaired) electrons. The molecule has 1 amide bonds. The van der Waals surface area contributed by atoms with Gasteiger partial charge in [0.15, 0.2) is 0 Å². The topological polar surface area (TPSA) is 49.3 Å². The second-order valence-electron chi connectivity index (χ2n) is 4.08. The first-order chi connectivity index (χ1) is 7.90. The second-order valence-corrected chi connectivity index (χ2v) is 6.18. The molecule has 0 spiro atoms. The summed E-state index contributed by atoms with van der Waals surface area (Å²) in [6, 6.07) is 5.57. The molecule has 17 heavy (non-hydrogen) atoms. The Labute approximate surface area is 123 Å². The van der Waals surface area contributed by atoms with E-state index in [0.29, 0.717) is 12.0 Å². The van der Waals surface area contributed by atoms with Gasteiger partial charge in [-0.2, -0.15) is 0 Å². The van der Waals surface area contributed by atoms with Crippen LogP contribution in [0.5, 0.6) is 0 Å². The lowest BCUT2D eigenvalue weighted by Gasteiger charge is -2.16. The molecule has 5 heteroatoms. The van der Waals surface area contributed by atoms with Crippen LogP contribution < -0.4 is 5.32 Å². The van der Waals surface area contributed by atoms with Gasteiger partial charge in [0.1, 0.15) is 0 Å². The Balaban J connectivity index is 2.73. The summed E-state index contributed by atoms with van der Waals surface area (Å²) in [7, 11) is 0. The SMILES string of the molecule is CC(O)CC(C)NC(=O)c1cc(I)ccc1Br. The molecule has 1 rings (SSSR count). The lowest BCUT2D eigenvalue weighted by Crippen LogP contribution is -2.34. The van der Waals surface area contributed by atoms with Gasteiger partial charge in [-0.15, -0.1) is 0 Å². The first-order valence-corrected chi connectivity index (χ1v) is 7.21. The second kappa shape index (κ2) is 6.70. The molecule has 0 heterocycles. The number of nitrogens with one attached hydrogen (secondary N) is 1. The number of aliphatic hydroxyl groups excluding tert-OH is 1. The number of carbonyl (C=O) groups is 1. The lowest BCUT2D eigenvalue weighted by molar-refractivity contribution is 0.0922. The quantitative estimate of drug-likeness (QED) is 0.748. The average Bonchev–Trinajstić information content (AvgIpc) is 2.20. The molecule has 0 saturated carbocycles. The van der Waals surface area contributed by atoms with Gasteiger partial charge in [-0.3, -0.25) is 4.79 Å². The minimum atomic E-state index is -0.412. The normalized spacial score (nSPS) is 14.2. The van der Waals surface area contributed by atoms with Crippen molar-refractivity contribution in [3.63, 3.8) is 0 Å². The highest BCUT2D eigenvalue weighted by atomic mass is 127. The predicted molar refractivity (Wildman–Crippen MR) is 80.1 cm³/mol. The molecule has 0 aromatic heterocycles. The molecule has 0 bridgehead atoms. The van der Waals surface area contributed by atoms with E-state index in [1.807, 2.05) is 25.1 Å². The molecule has 3 nitrogen and oxygen atoms in total. The Bertz CT molecular complexity index is 409. The number of hydrogen-bond acceptors (Lipinski definition) is 2.